The Bertz CT molecular complexity index is 473. The van der Waals surface area contributed by atoms with Gasteiger partial charge in [-0.2, -0.15) is 0 Å². The van der Waals surface area contributed by atoms with Gasteiger partial charge in [-0.25, -0.2) is 4.39 Å². The van der Waals surface area contributed by atoms with Gasteiger partial charge in [0.05, 0.1) is 6.10 Å². The Kier molecular flexibility index (Phi) is 5.63. The lowest BCUT2D eigenvalue weighted by molar-refractivity contribution is 0.199. The van der Waals surface area contributed by atoms with Gasteiger partial charge in [-0.1, -0.05) is 19.8 Å². The maximum atomic E-state index is 13.8. The maximum absolute atomic E-state index is 13.8. The van der Waals surface area contributed by atoms with Crippen LogP contribution in [0.5, 0.6) is 0 Å². The summed E-state index contributed by atoms with van der Waals surface area (Å²) < 4.78 is 13.8. The molecule has 1 aromatic rings. The van der Waals surface area contributed by atoms with Crippen LogP contribution in [0.15, 0.2) is 12.1 Å². The number of benzene rings is 1. The molecule has 1 saturated heterocycles. The molecule has 21 heavy (non-hydrogen) atoms. The van der Waals surface area contributed by atoms with Crippen molar-refractivity contribution in [3.63, 3.8) is 0 Å². The number of hydrogen-bond acceptors (Lipinski definition) is 2. The Morgan fingerprint density at radius 3 is 2.76 bits per heavy atom. The minimum atomic E-state index is -0.634. The van der Waals surface area contributed by atoms with Gasteiger partial charge in [0.2, 0.25) is 0 Å². The minimum absolute atomic E-state index is 0.228. The highest BCUT2D eigenvalue weighted by atomic mass is 19.1. The molecule has 2 nitrogen and oxygen atoms in total. The summed E-state index contributed by atoms with van der Waals surface area (Å²) in [5.41, 5.74) is 2.39. The van der Waals surface area contributed by atoms with Crippen LogP contribution in [-0.4, -0.2) is 18.2 Å². The number of aryl methyl sites for hydroxylation is 1. The van der Waals surface area contributed by atoms with E-state index < -0.39 is 6.10 Å². The van der Waals surface area contributed by atoms with Crippen molar-refractivity contribution in [3.05, 3.63) is 29.1 Å². The summed E-state index contributed by atoms with van der Waals surface area (Å²) in [5.74, 6) is 0.588. The second kappa shape index (κ2) is 7.26. The molecule has 0 radical (unpaired) electrons. The molecule has 0 spiro atoms. The molecule has 1 fully saturated rings. The molecule has 0 aliphatic carbocycles. The molecule has 1 aromatic carbocycles. The lowest BCUT2D eigenvalue weighted by Crippen LogP contribution is -2.26. The molecule has 0 aromatic heterocycles. The van der Waals surface area contributed by atoms with Crippen LogP contribution in [0.25, 0.3) is 0 Å². The van der Waals surface area contributed by atoms with E-state index >= 15 is 0 Å². The van der Waals surface area contributed by atoms with Crippen LogP contribution < -0.4 is 4.90 Å². The lowest BCUT2D eigenvalue weighted by atomic mass is 9.96. The fourth-order valence-electron chi connectivity index (χ4n) is 3.39. The molecular weight excluding hydrogens is 265 g/mol. The summed E-state index contributed by atoms with van der Waals surface area (Å²) in [5, 5.41) is 9.96. The number of aliphatic hydroxyl groups is 1. The molecule has 3 heteroatoms. The van der Waals surface area contributed by atoms with Crippen LogP contribution in [0.2, 0.25) is 0 Å². The second-order valence-electron chi connectivity index (χ2n) is 6.41. The Morgan fingerprint density at radius 1 is 1.33 bits per heavy atom. The Balaban J connectivity index is 2.22. The number of hydrogen-bond donors (Lipinski definition) is 1. The highest BCUT2D eigenvalue weighted by molar-refractivity contribution is 5.57. The van der Waals surface area contributed by atoms with E-state index in [-0.39, 0.29) is 5.82 Å². The van der Waals surface area contributed by atoms with Crippen LogP contribution in [0, 0.1) is 18.7 Å². The van der Waals surface area contributed by atoms with Gasteiger partial charge in [-0.3, -0.25) is 0 Å². The number of rotatable bonds is 4. The minimum Gasteiger partial charge on any atom is -0.389 e. The number of halogens is 1. The standard InChI is InChI=1S/C18H28FNO/c1-4-6-15-7-5-9-20(10-8-15)18-11-13(2)17(19)12-16(18)14(3)21/h11-12,14-15,21H,4-10H2,1-3H3. The third-order valence-electron chi connectivity index (χ3n) is 4.64. The average molecular weight is 293 g/mol. The topological polar surface area (TPSA) is 23.5 Å². The van der Waals surface area contributed by atoms with Crippen LogP contribution in [0.4, 0.5) is 10.1 Å². The normalized spacial score (nSPS) is 21.2. The van der Waals surface area contributed by atoms with Crippen molar-refractivity contribution in [2.75, 3.05) is 18.0 Å². The fourth-order valence-corrected chi connectivity index (χ4v) is 3.39. The third-order valence-corrected chi connectivity index (χ3v) is 4.64. The largest absolute Gasteiger partial charge is 0.389 e. The lowest BCUT2D eigenvalue weighted by Gasteiger charge is -2.27. The van der Waals surface area contributed by atoms with Crippen molar-refractivity contribution < 1.29 is 9.50 Å². The molecule has 1 aliphatic rings. The van der Waals surface area contributed by atoms with E-state index in [0.717, 1.165) is 24.7 Å². The first-order valence-electron chi connectivity index (χ1n) is 8.26. The molecule has 2 atom stereocenters. The maximum Gasteiger partial charge on any atom is 0.126 e. The van der Waals surface area contributed by atoms with Gasteiger partial charge in [0.15, 0.2) is 0 Å². The van der Waals surface area contributed by atoms with Crippen molar-refractivity contribution in [3.8, 4) is 0 Å². The van der Waals surface area contributed by atoms with Gasteiger partial charge in [-0.05, 0) is 56.7 Å². The molecule has 2 unspecified atom stereocenters. The first-order chi connectivity index (χ1) is 10.0. The van der Waals surface area contributed by atoms with Crippen molar-refractivity contribution >= 4 is 5.69 Å². The van der Waals surface area contributed by atoms with Crippen molar-refractivity contribution in [2.45, 2.75) is 59.0 Å². The van der Waals surface area contributed by atoms with Gasteiger partial charge < -0.3 is 10.0 Å². The van der Waals surface area contributed by atoms with Crippen molar-refractivity contribution in [1.82, 2.24) is 0 Å². The molecule has 1 heterocycles. The van der Waals surface area contributed by atoms with Gasteiger partial charge >= 0.3 is 0 Å². The molecule has 0 amide bonds. The van der Waals surface area contributed by atoms with Crippen LogP contribution in [0.3, 0.4) is 0 Å². The molecular formula is C18H28FNO. The molecule has 118 valence electrons. The van der Waals surface area contributed by atoms with E-state index in [1.165, 1.54) is 38.2 Å². The molecule has 0 bridgehead atoms. The summed E-state index contributed by atoms with van der Waals surface area (Å²) in [6.45, 7) is 7.77. The van der Waals surface area contributed by atoms with E-state index in [4.69, 9.17) is 0 Å². The summed E-state index contributed by atoms with van der Waals surface area (Å²) in [6, 6.07) is 3.40. The van der Waals surface area contributed by atoms with E-state index in [1.807, 2.05) is 6.07 Å². The Labute approximate surface area is 128 Å². The Morgan fingerprint density at radius 2 is 2.10 bits per heavy atom. The van der Waals surface area contributed by atoms with Crippen LogP contribution in [0.1, 0.15) is 63.2 Å². The van der Waals surface area contributed by atoms with Crippen molar-refractivity contribution in [2.24, 2.45) is 5.92 Å². The van der Waals surface area contributed by atoms with Gasteiger partial charge in [-0.15, -0.1) is 0 Å². The Hall–Kier alpha value is -1.09. The third kappa shape index (κ3) is 3.97. The van der Waals surface area contributed by atoms with E-state index in [2.05, 4.69) is 11.8 Å². The predicted octanol–water partition coefficient (Wildman–Crippen LogP) is 4.59. The zero-order valence-electron chi connectivity index (χ0n) is 13.5. The number of aliphatic hydroxyl groups excluding tert-OH is 1. The fraction of sp³-hybridized carbons (Fsp3) is 0.667. The molecule has 2 rings (SSSR count). The van der Waals surface area contributed by atoms with Gasteiger partial charge in [0, 0.05) is 24.3 Å². The predicted molar refractivity (Wildman–Crippen MR) is 86.2 cm³/mol. The SMILES string of the molecule is CCCC1CCCN(c2cc(C)c(F)cc2C(C)O)CC1. The second-order valence-corrected chi connectivity index (χ2v) is 6.41. The first kappa shape index (κ1) is 16.3. The first-order valence-corrected chi connectivity index (χ1v) is 8.26. The average Bonchev–Trinajstić information content (AvgIpc) is 2.67. The molecule has 0 saturated carbocycles. The smallest absolute Gasteiger partial charge is 0.126 e. The summed E-state index contributed by atoms with van der Waals surface area (Å²) in [6.07, 6.45) is 5.58. The van der Waals surface area contributed by atoms with E-state index in [0.29, 0.717) is 11.1 Å². The van der Waals surface area contributed by atoms with Gasteiger partial charge in [0.25, 0.3) is 0 Å². The van der Waals surface area contributed by atoms with E-state index in [9.17, 15) is 9.50 Å². The summed E-state index contributed by atoms with van der Waals surface area (Å²) in [7, 11) is 0. The quantitative estimate of drug-likeness (QED) is 0.877. The van der Waals surface area contributed by atoms with E-state index in [1.54, 1.807) is 13.8 Å². The van der Waals surface area contributed by atoms with Crippen LogP contribution in [-0.2, 0) is 0 Å². The highest BCUT2D eigenvalue weighted by Gasteiger charge is 2.21. The summed E-state index contributed by atoms with van der Waals surface area (Å²) >= 11 is 0. The zero-order chi connectivity index (χ0) is 15.4. The van der Waals surface area contributed by atoms with Crippen molar-refractivity contribution in [1.29, 1.82) is 0 Å². The molecule has 1 aliphatic heterocycles. The number of anilines is 1. The monoisotopic (exact) mass is 293 g/mol. The van der Waals surface area contributed by atoms with Crippen LogP contribution >= 0.6 is 0 Å². The number of nitrogens with zero attached hydrogens (tertiary/aromatic N) is 1. The highest BCUT2D eigenvalue weighted by Crippen LogP contribution is 2.32. The van der Waals surface area contributed by atoms with Gasteiger partial charge in [0.1, 0.15) is 5.82 Å². The zero-order valence-corrected chi connectivity index (χ0v) is 13.5. The summed E-state index contributed by atoms with van der Waals surface area (Å²) in [4.78, 5) is 2.34. The molecule has 1 N–H and O–H groups in total.